The molecule has 0 saturated heterocycles. The lowest BCUT2D eigenvalue weighted by atomic mass is 10.4. The molecule has 2 N–H and O–H groups in total. The van der Waals surface area contributed by atoms with Crippen molar-refractivity contribution in [2.75, 3.05) is 0 Å². The summed E-state index contributed by atoms with van der Waals surface area (Å²) in [5.41, 5.74) is 0. The predicted octanol–water partition coefficient (Wildman–Crippen LogP) is 0.242. The maximum Gasteiger partial charge on any atom is 0.316 e. The van der Waals surface area contributed by atoms with E-state index < -0.39 is 0 Å². The van der Waals surface area contributed by atoms with Crippen LogP contribution in [0.2, 0.25) is 0 Å². The lowest BCUT2D eigenvalue weighted by Gasteiger charge is -1.80. The number of hydrogen-bond donors (Lipinski definition) is 2. The van der Waals surface area contributed by atoms with Crippen molar-refractivity contribution in [2.45, 2.75) is 27.7 Å². The van der Waals surface area contributed by atoms with Gasteiger partial charge in [-0.25, -0.2) is 0 Å². The molecule has 0 unspecified atom stereocenters. The molecule has 0 heterocycles. The average molecular weight is 253 g/mol. The quantitative estimate of drug-likeness (QED) is 0.420. The smallest absolute Gasteiger partial charge is 0.316 e. The molecule has 0 aliphatic rings. The van der Waals surface area contributed by atoms with Gasteiger partial charge in [0.1, 0.15) is 0 Å². The van der Waals surface area contributed by atoms with E-state index in [9.17, 15) is 9.59 Å². The van der Waals surface area contributed by atoms with Crippen LogP contribution in [0.1, 0.15) is 27.7 Å². The van der Waals surface area contributed by atoms with Gasteiger partial charge in [0.25, 0.3) is 0 Å². The largest absolute Gasteiger partial charge is 0.512 e. The zero-order valence-corrected chi connectivity index (χ0v) is 8.87. The van der Waals surface area contributed by atoms with E-state index >= 15 is 0 Å². The van der Waals surface area contributed by atoms with Gasteiger partial charge in [0, 0.05) is 12.2 Å². The second-order valence-electron chi connectivity index (χ2n) is 2.79. The van der Waals surface area contributed by atoms with E-state index in [4.69, 9.17) is 10.2 Å². The molecule has 0 aromatic carbocycles. The van der Waals surface area contributed by atoms with Gasteiger partial charge in [-0.2, -0.15) is 0 Å². The van der Waals surface area contributed by atoms with Crippen molar-refractivity contribution in [3.05, 3.63) is 23.7 Å². The van der Waals surface area contributed by atoms with E-state index in [0.29, 0.717) is 0 Å². The van der Waals surface area contributed by atoms with Crippen molar-refractivity contribution in [1.82, 2.24) is 0 Å². The molecule has 0 amide bonds. The normalized spacial score (nSPS) is 10.0. The second kappa shape index (κ2) is 15.0. The van der Waals surface area contributed by atoms with Gasteiger partial charge in [-0.15, -0.1) is 0 Å². The van der Waals surface area contributed by atoms with E-state index in [1.165, 1.54) is 39.8 Å². The molecule has 16 heavy (non-hydrogen) atoms. The van der Waals surface area contributed by atoms with Gasteiger partial charge < -0.3 is 10.2 Å². The fraction of sp³-hybridized carbons (Fsp3) is 0.400. The number of ketones is 2. The number of aliphatic hydroxyl groups is 2. The average Bonchev–Trinajstić information content (AvgIpc) is 1.79. The Balaban J connectivity index is -0.0000000800. The summed E-state index contributed by atoms with van der Waals surface area (Å²) in [5, 5.41) is 16.7. The van der Waals surface area contributed by atoms with Crippen LogP contribution in [-0.4, -0.2) is 67.9 Å². The van der Waals surface area contributed by atoms with Crippen LogP contribution in [0.15, 0.2) is 23.7 Å². The van der Waals surface area contributed by atoms with Crippen LogP contribution in [-0.2, 0) is 9.59 Å². The van der Waals surface area contributed by atoms with E-state index in [1.54, 1.807) is 0 Å². The topological polar surface area (TPSA) is 74.6 Å². The minimum Gasteiger partial charge on any atom is -0.512 e. The van der Waals surface area contributed by atoms with E-state index in [1.807, 2.05) is 0 Å². The standard InChI is InChI=1S/2C5H8O2.2Mg.4H/c2*1-4(6)3-5(2)7;;;;;;/h2*3,6H,1-2H3;;;;;;/b2*4-3-;;;;;;. The maximum absolute atomic E-state index is 10.0. The Bertz CT molecular complexity index is 234. The second-order valence-corrected chi connectivity index (χ2v) is 2.79. The van der Waals surface area contributed by atoms with Crippen molar-refractivity contribution in [2.24, 2.45) is 0 Å². The zero-order chi connectivity index (χ0) is 11.7. The van der Waals surface area contributed by atoms with Gasteiger partial charge >= 0.3 is 46.1 Å². The SMILES string of the molecule is CC(=O)/C=C(/C)O.CC(=O)/C=C(/C)O.[MgH2].[MgH2]. The number of allylic oxidation sites excluding steroid dienone is 4. The van der Waals surface area contributed by atoms with Crippen LogP contribution in [0, 0.1) is 0 Å². The molecule has 0 radical (unpaired) electrons. The summed E-state index contributed by atoms with van der Waals surface area (Å²) in [7, 11) is 0. The highest BCUT2D eigenvalue weighted by Gasteiger charge is 1.83. The number of hydrogen-bond acceptors (Lipinski definition) is 4. The number of carbonyl (C=O) groups excluding carboxylic acids is 2. The Morgan fingerprint density at radius 2 is 0.938 bits per heavy atom. The lowest BCUT2D eigenvalue weighted by Crippen LogP contribution is -1.82. The first-order valence-corrected chi connectivity index (χ1v) is 4.01. The Labute approximate surface area is 128 Å². The molecule has 88 valence electrons. The van der Waals surface area contributed by atoms with E-state index in [0.717, 1.165) is 0 Å². The third kappa shape index (κ3) is 37.0. The fourth-order valence-electron chi connectivity index (χ4n) is 0.588. The third-order valence-corrected chi connectivity index (χ3v) is 0.824. The summed E-state index contributed by atoms with van der Waals surface area (Å²) < 4.78 is 0. The van der Waals surface area contributed by atoms with Gasteiger partial charge in [-0.3, -0.25) is 9.59 Å². The van der Waals surface area contributed by atoms with Crippen molar-refractivity contribution in [3.8, 4) is 0 Å². The Hall–Kier alpha value is -0.0475. The summed E-state index contributed by atoms with van der Waals surface area (Å²) in [6, 6.07) is 0. The molecule has 6 heteroatoms. The number of aliphatic hydroxyl groups excluding tert-OH is 2. The van der Waals surface area contributed by atoms with Crippen molar-refractivity contribution < 1.29 is 19.8 Å². The molecule has 4 nitrogen and oxygen atoms in total. The van der Waals surface area contributed by atoms with E-state index in [-0.39, 0.29) is 69.2 Å². The monoisotopic (exact) mass is 252 g/mol. The zero-order valence-electron chi connectivity index (χ0n) is 8.87. The van der Waals surface area contributed by atoms with Crippen molar-refractivity contribution in [1.29, 1.82) is 0 Å². The Kier molecular flexibility index (Phi) is 23.3. The minimum atomic E-state index is -0.125. The van der Waals surface area contributed by atoms with Gasteiger partial charge in [-0.1, -0.05) is 0 Å². The maximum atomic E-state index is 10.0. The molecular formula is C10H20Mg2O4. The summed E-state index contributed by atoms with van der Waals surface area (Å²) in [6.07, 6.45) is 2.33. The first-order chi connectivity index (χ1) is 6.25. The van der Waals surface area contributed by atoms with Gasteiger partial charge in [-0.05, 0) is 27.7 Å². The fourth-order valence-corrected chi connectivity index (χ4v) is 0.588. The van der Waals surface area contributed by atoms with Crippen LogP contribution in [0.25, 0.3) is 0 Å². The van der Waals surface area contributed by atoms with Gasteiger partial charge in [0.2, 0.25) is 0 Å². The molecule has 0 saturated carbocycles. The Morgan fingerprint density at radius 1 is 0.750 bits per heavy atom. The summed E-state index contributed by atoms with van der Waals surface area (Å²) in [4.78, 5) is 20.0. The molecule has 0 fully saturated rings. The molecule has 0 atom stereocenters. The van der Waals surface area contributed by atoms with Crippen LogP contribution >= 0.6 is 0 Å². The minimum absolute atomic E-state index is 0. The molecule has 0 rings (SSSR count). The first kappa shape index (κ1) is 25.0. The number of carbonyl (C=O) groups is 2. The summed E-state index contributed by atoms with van der Waals surface area (Å²) in [5.74, 6) is -0.125. The summed E-state index contributed by atoms with van der Waals surface area (Å²) >= 11 is 0. The molecule has 0 spiro atoms. The van der Waals surface area contributed by atoms with Crippen LogP contribution < -0.4 is 0 Å². The highest BCUT2D eigenvalue weighted by atomic mass is 24.3. The molecule has 0 bridgehead atoms. The van der Waals surface area contributed by atoms with Crippen molar-refractivity contribution in [3.63, 3.8) is 0 Å². The molecule has 0 aromatic heterocycles. The lowest BCUT2D eigenvalue weighted by molar-refractivity contribution is -0.113. The Morgan fingerprint density at radius 3 is 0.938 bits per heavy atom. The van der Waals surface area contributed by atoms with Crippen LogP contribution in [0.3, 0.4) is 0 Å². The van der Waals surface area contributed by atoms with Gasteiger partial charge in [0.05, 0.1) is 11.5 Å². The molecule has 0 aliphatic heterocycles. The molecule has 0 aromatic rings. The number of rotatable bonds is 2. The van der Waals surface area contributed by atoms with E-state index in [2.05, 4.69) is 0 Å². The van der Waals surface area contributed by atoms with Crippen LogP contribution in [0.4, 0.5) is 0 Å². The predicted molar refractivity (Wildman–Crippen MR) is 71.2 cm³/mol. The highest BCUT2D eigenvalue weighted by Crippen LogP contribution is 1.82. The third-order valence-electron chi connectivity index (χ3n) is 0.824. The van der Waals surface area contributed by atoms with Crippen LogP contribution in [0.5, 0.6) is 0 Å². The molecule has 0 aliphatic carbocycles. The highest BCUT2D eigenvalue weighted by molar-refractivity contribution is 5.87. The van der Waals surface area contributed by atoms with Gasteiger partial charge in [0.15, 0.2) is 11.6 Å². The summed E-state index contributed by atoms with van der Waals surface area (Å²) in [6.45, 7) is 5.70. The first-order valence-electron chi connectivity index (χ1n) is 4.01. The van der Waals surface area contributed by atoms with Crippen molar-refractivity contribution >= 4 is 57.7 Å². The molecular weight excluding hydrogens is 233 g/mol.